The van der Waals surface area contributed by atoms with Crippen molar-refractivity contribution in [3.05, 3.63) is 0 Å². The van der Waals surface area contributed by atoms with Gasteiger partial charge in [0.25, 0.3) is 0 Å². The molecule has 3 saturated carbocycles. The zero-order valence-corrected chi connectivity index (χ0v) is 10.0. The van der Waals surface area contributed by atoms with Crippen LogP contribution in [0.15, 0.2) is 0 Å². The maximum absolute atomic E-state index is 3.83. The maximum atomic E-state index is 3.83. The fourth-order valence-electron chi connectivity index (χ4n) is 4.77. The van der Waals surface area contributed by atoms with Gasteiger partial charge in [-0.1, -0.05) is 19.8 Å². The van der Waals surface area contributed by atoms with Crippen LogP contribution in [0.5, 0.6) is 0 Å². The van der Waals surface area contributed by atoms with Gasteiger partial charge >= 0.3 is 0 Å². The van der Waals surface area contributed by atoms with Crippen molar-refractivity contribution in [3.63, 3.8) is 0 Å². The molecule has 0 aromatic heterocycles. The van der Waals surface area contributed by atoms with Crippen LogP contribution in [0.3, 0.4) is 0 Å². The first kappa shape index (κ1) is 10.1. The normalized spacial score (nSPS) is 47.4. The molecule has 3 rings (SSSR count). The first-order valence-electron chi connectivity index (χ1n) is 7.13. The first-order valence-corrected chi connectivity index (χ1v) is 7.13. The highest BCUT2D eigenvalue weighted by Crippen LogP contribution is 2.58. The van der Waals surface area contributed by atoms with E-state index in [1.807, 2.05) is 0 Å². The molecule has 3 aliphatic carbocycles. The van der Waals surface area contributed by atoms with Crippen molar-refractivity contribution in [1.29, 1.82) is 0 Å². The smallest absolute Gasteiger partial charge is 0.0101 e. The van der Waals surface area contributed by atoms with E-state index in [-0.39, 0.29) is 0 Å². The van der Waals surface area contributed by atoms with Crippen molar-refractivity contribution in [2.24, 2.45) is 23.7 Å². The summed E-state index contributed by atoms with van der Waals surface area (Å²) >= 11 is 0. The van der Waals surface area contributed by atoms with E-state index < -0.39 is 0 Å². The zero-order valence-electron chi connectivity index (χ0n) is 10.0. The molecule has 2 bridgehead atoms. The lowest BCUT2D eigenvalue weighted by Gasteiger charge is -2.32. The Morgan fingerprint density at radius 3 is 2.80 bits per heavy atom. The SMILES string of the molecule is CCCCN[C@@H]1C[C@H]2C[C@H]1[C@@H]1CCC[C@H]21. The average molecular weight is 207 g/mol. The fourth-order valence-corrected chi connectivity index (χ4v) is 4.77. The number of hydrogen-bond acceptors (Lipinski definition) is 1. The van der Waals surface area contributed by atoms with Crippen molar-refractivity contribution in [2.45, 2.75) is 57.9 Å². The van der Waals surface area contributed by atoms with Crippen LogP contribution in [-0.4, -0.2) is 12.6 Å². The van der Waals surface area contributed by atoms with E-state index in [9.17, 15) is 0 Å². The van der Waals surface area contributed by atoms with Gasteiger partial charge in [0.1, 0.15) is 0 Å². The van der Waals surface area contributed by atoms with Gasteiger partial charge in [-0.15, -0.1) is 0 Å². The van der Waals surface area contributed by atoms with E-state index in [4.69, 9.17) is 0 Å². The van der Waals surface area contributed by atoms with Gasteiger partial charge in [0.05, 0.1) is 0 Å². The Morgan fingerprint density at radius 2 is 1.93 bits per heavy atom. The molecular formula is C14H25N. The van der Waals surface area contributed by atoms with Crippen LogP contribution in [0, 0.1) is 23.7 Å². The van der Waals surface area contributed by atoms with Crippen LogP contribution in [-0.2, 0) is 0 Å². The molecule has 0 heterocycles. The van der Waals surface area contributed by atoms with Crippen molar-refractivity contribution in [1.82, 2.24) is 5.32 Å². The molecule has 1 nitrogen and oxygen atoms in total. The maximum Gasteiger partial charge on any atom is 0.0101 e. The highest BCUT2D eigenvalue weighted by Gasteiger charge is 2.53. The second-order valence-corrected chi connectivity index (χ2v) is 6.07. The largest absolute Gasteiger partial charge is 0.314 e. The van der Waals surface area contributed by atoms with Gasteiger partial charge in [0.15, 0.2) is 0 Å². The van der Waals surface area contributed by atoms with Crippen LogP contribution >= 0.6 is 0 Å². The van der Waals surface area contributed by atoms with E-state index in [0.717, 1.165) is 29.7 Å². The third-order valence-corrected chi connectivity index (χ3v) is 5.37. The quantitative estimate of drug-likeness (QED) is 0.698. The van der Waals surface area contributed by atoms with Crippen LogP contribution < -0.4 is 5.32 Å². The summed E-state index contributed by atoms with van der Waals surface area (Å²) in [5.74, 6) is 4.46. The molecule has 0 spiro atoms. The number of nitrogens with one attached hydrogen (secondary N) is 1. The lowest BCUT2D eigenvalue weighted by molar-refractivity contribution is 0.209. The van der Waals surface area contributed by atoms with Gasteiger partial charge < -0.3 is 5.32 Å². The predicted molar refractivity (Wildman–Crippen MR) is 63.7 cm³/mol. The summed E-state index contributed by atoms with van der Waals surface area (Å²) in [4.78, 5) is 0. The van der Waals surface area contributed by atoms with Gasteiger partial charge in [0, 0.05) is 6.04 Å². The lowest BCUT2D eigenvalue weighted by Crippen LogP contribution is -2.39. The molecule has 0 aromatic carbocycles. The Hall–Kier alpha value is -0.0400. The number of hydrogen-bond donors (Lipinski definition) is 1. The van der Waals surface area contributed by atoms with Crippen LogP contribution in [0.1, 0.15) is 51.9 Å². The van der Waals surface area contributed by atoms with E-state index in [2.05, 4.69) is 12.2 Å². The van der Waals surface area contributed by atoms with Gasteiger partial charge in [-0.05, 0) is 62.3 Å². The minimum Gasteiger partial charge on any atom is -0.314 e. The minimum atomic E-state index is 0.904. The molecule has 0 unspecified atom stereocenters. The first-order chi connectivity index (χ1) is 7.40. The third kappa shape index (κ3) is 1.63. The summed E-state index contributed by atoms with van der Waals surface area (Å²) in [5.41, 5.74) is 0. The van der Waals surface area contributed by atoms with E-state index >= 15 is 0 Å². The molecule has 5 atom stereocenters. The Kier molecular flexibility index (Phi) is 2.76. The highest BCUT2D eigenvalue weighted by molar-refractivity contribution is 5.05. The summed E-state index contributed by atoms with van der Waals surface area (Å²) in [6.07, 6.45) is 10.4. The van der Waals surface area contributed by atoms with E-state index in [1.54, 1.807) is 19.3 Å². The monoisotopic (exact) mass is 207 g/mol. The van der Waals surface area contributed by atoms with Crippen molar-refractivity contribution >= 4 is 0 Å². The Bertz CT molecular complexity index is 225. The zero-order chi connectivity index (χ0) is 10.3. The summed E-state index contributed by atoms with van der Waals surface area (Å²) in [6, 6.07) is 0.904. The summed E-state index contributed by atoms with van der Waals surface area (Å²) < 4.78 is 0. The molecule has 0 saturated heterocycles. The van der Waals surface area contributed by atoms with Crippen LogP contribution in [0.25, 0.3) is 0 Å². The van der Waals surface area contributed by atoms with Crippen molar-refractivity contribution in [3.8, 4) is 0 Å². The van der Waals surface area contributed by atoms with Crippen LogP contribution in [0.2, 0.25) is 0 Å². The summed E-state index contributed by atoms with van der Waals surface area (Å²) in [7, 11) is 0. The van der Waals surface area contributed by atoms with Gasteiger partial charge in [-0.3, -0.25) is 0 Å². The number of rotatable bonds is 4. The minimum absolute atomic E-state index is 0.904. The number of unbranched alkanes of at least 4 members (excludes halogenated alkanes) is 1. The van der Waals surface area contributed by atoms with Gasteiger partial charge in [0.2, 0.25) is 0 Å². The molecule has 0 amide bonds. The molecule has 86 valence electrons. The molecule has 1 heteroatoms. The molecule has 0 radical (unpaired) electrons. The highest BCUT2D eigenvalue weighted by atomic mass is 14.9. The predicted octanol–water partition coefficient (Wildman–Crippen LogP) is 3.20. The van der Waals surface area contributed by atoms with E-state index in [1.165, 1.54) is 32.2 Å². The Balaban J connectivity index is 1.56. The second kappa shape index (κ2) is 4.08. The Morgan fingerprint density at radius 1 is 1.07 bits per heavy atom. The molecule has 3 aliphatic rings. The molecule has 3 fully saturated rings. The van der Waals surface area contributed by atoms with Gasteiger partial charge in [-0.25, -0.2) is 0 Å². The van der Waals surface area contributed by atoms with Crippen molar-refractivity contribution in [2.75, 3.05) is 6.54 Å². The fraction of sp³-hybridized carbons (Fsp3) is 1.00. The topological polar surface area (TPSA) is 12.0 Å². The van der Waals surface area contributed by atoms with E-state index in [0.29, 0.717) is 0 Å². The summed E-state index contributed by atoms with van der Waals surface area (Å²) in [5, 5.41) is 3.83. The lowest BCUT2D eigenvalue weighted by atomic mass is 9.79. The second-order valence-electron chi connectivity index (χ2n) is 6.07. The molecular weight excluding hydrogens is 182 g/mol. The van der Waals surface area contributed by atoms with Crippen LogP contribution in [0.4, 0.5) is 0 Å². The molecule has 15 heavy (non-hydrogen) atoms. The van der Waals surface area contributed by atoms with Gasteiger partial charge in [-0.2, -0.15) is 0 Å². The molecule has 1 N–H and O–H groups in total. The van der Waals surface area contributed by atoms with Crippen molar-refractivity contribution < 1.29 is 0 Å². The Labute approximate surface area is 94.0 Å². The average Bonchev–Trinajstić information content (AvgIpc) is 2.89. The summed E-state index contributed by atoms with van der Waals surface area (Å²) in [6.45, 7) is 3.55. The standard InChI is InChI=1S/C14H25N/c1-2-3-7-15-14-9-10-8-13(14)12-6-4-5-11(10)12/h10-15H,2-9H2,1H3/t10-,11-,12-,13+,14-/m1/s1. The third-order valence-electron chi connectivity index (χ3n) is 5.37. The number of fused-ring (bicyclic) bond motifs is 5. The molecule has 0 aliphatic heterocycles. The molecule has 0 aromatic rings.